The molecule has 1 aliphatic heterocycles. The average molecular weight is 277 g/mol. The van der Waals surface area contributed by atoms with Crippen molar-refractivity contribution in [2.24, 2.45) is 0 Å². The summed E-state index contributed by atoms with van der Waals surface area (Å²) in [6.45, 7) is 6.44. The fraction of sp³-hybridized carbons (Fsp3) is 0.909. The second kappa shape index (κ2) is 5.14. The molecule has 0 aromatic heterocycles. The highest BCUT2D eigenvalue weighted by Gasteiger charge is 2.36. The lowest BCUT2D eigenvalue weighted by Gasteiger charge is -2.29. The molecule has 1 saturated heterocycles. The Bertz CT molecular complexity index is 411. The molecule has 0 aromatic carbocycles. The molecule has 3 N–H and O–H groups in total. The van der Waals surface area contributed by atoms with Gasteiger partial charge in [-0.05, 0) is 40.2 Å². The van der Waals surface area contributed by atoms with Crippen molar-refractivity contribution in [3.63, 3.8) is 0 Å². The Kier molecular flexibility index (Phi) is 4.40. The number of carbonyl (C=O) groups excluding carboxylic acids is 1. The van der Waals surface area contributed by atoms with Gasteiger partial charge in [0.1, 0.15) is 0 Å². The van der Waals surface area contributed by atoms with Crippen LogP contribution >= 0.6 is 0 Å². The zero-order valence-corrected chi connectivity index (χ0v) is 12.3. The van der Waals surface area contributed by atoms with E-state index in [-0.39, 0.29) is 12.5 Å². The van der Waals surface area contributed by atoms with Crippen molar-refractivity contribution in [2.45, 2.75) is 44.7 Å². The Labute approximate surface area is 109 Å². The summed E-state index contributed by atoms with van der Waals surface area (Å²) in [6, 6.07) is 0. The molecule has 18 heavy (non-hydrogen) atoms. The van der Waals surface area contributed by atoms with Crippen LogP contribution in [0.1, 0.15) is 33.6 Å². The molecule has 0 saturated carbocycles. The minimum Gasteiger partial charge on any atom is -0.353 e. The van der Waals surface area contributed by atoms with E-state index in [1.165, 1.54) is 0 Å². The van der Waals surface area contributed by atoms with Crippen molar-refractivity contribution in [2.75, 3.05) is 19.3 Å². The van der Waals surface area contributed by atoms with Crippen LogP contribution in [0.15, 0.2) is 0 Å². The first kappa shape index (κ1) is 15.4. The van der Waals surface area contributed by atoms with Crippen LogP contribution in [0.2, 0.25) is 0 Å². The Morgan fingerprint density at radius 2 is 2.06 bits per heavy atom. The van der Waals surface area contributed by atoms with E-state index in [0.717, 1.165) is 25.6 Å². The average Bonchev–Trinajstić information content (AvgIpc) is 2.59. The predicted molar refractivity (Wildman–Crippen MR) is 70.7 cm³/mol. The van der Waals surface area contributed by atoms with E-state index >= 15 is 0 Å². The van der Waals surface area contributed by atoms with Crippen LogP contribution in [0.5, 0.6) is 0 Å². The largest absolute Gasteiger partial charge is 0.353 e. The third-order valence-corrected chi connectivity index (χ3v) is 3.95. The quantitative estimate of drug-likeness (QED) is 0.636. The standard InChI is InChI=1S/C11H23N3O3S/c1-10(2,14-18(4,16)17)8-12-9(15)11(3)6-5-7-13-11/h13-14H,5-8H2,1-4H3,(H,12,15). The molecule has 6 nitrogen and oxygen atoms in total. The molecule has 1 amide bonds. The third kappa shape index (κ3) is 4.55. The van der Waals surface area contributed by atoms with Gasteiger partial charge in [-0.15, -0.1) is 0 Å². The highest BCUT2D eigenvalue weighted by atomic mass is 32.2. The Morgan fingerprint density at radius 3 is 2.50 bits per heavy atom. The summed E-state index contributed by atoms with van der Waals surface area (Å²) in [4.78, 5) is 12.0. The zero-order valence-electron chi connectivity index (χ0n) is 11.5. The van der Waals surface area contributed by atoms with Gasteiger partial charge < -0.3 is 10.6 Å². The van der Waals surface area contributed by atoms with Gasteiger partial charge in [-0.1, -0.05) is 0 Å². The smallest absolute Gasteiger partial charge is 0.240 e. The summed E-state index contributed by atoms with van der Waals surface area (Å²) in [5.41, 5.74) is -1.22. The molecule has 1 aliphatic rings. The summed E-state index contributed by atoms with van der Waals surface area (Å²) in [6.07, 6.45) is 2.89. The van der Waals surface area contributed by atoms with E-state index in [0.29, 0.717) is 0 Å². The van der Waals surface area contributed by atoms with E-state index in [1.54, 1.807) is 13.8 Å². The molecule has 0 aliphatic carbocycles. The van der Waals surface area contributed by atoms with Crippen LogP contribution in [-0.2, 0) is 14.8 Å². The van der Waals surface area contributed by atoms with Gasteiger partial charge >= 0.3 is 0 Å². The number of sulfonamides is 1. The van der Waals surface area contributed by atoms with E-state index in [4.69, 9.17) is 0 Å². The normalized spacial score (nSPS) is 25.1. The number of amides is 1. The Hall–Kier alpha value is -0.660. The maximum Gasteiger partial charge on any atom is 0.240 e. The summed E-state index contributed by atoms with van der Waals surface area (Å²) in [5.74, 6) is -0.0802. The lowest BCUT2D eigenvalue weighted by atomic mass is 9.98. The summed E-state index contributed by atoms with van der Waals surface area (Å²) >= 11 is 0. The number of carbonyl (C=O) groups is 1. The number of hydrogen-bond acceptors (Lipinski definition) is 4. The first-order valence-corrected chi connectivity index (χ1v) is 7.96. The molecule has 0 spiro atoms. The molecule has 0 bridgehead atoms. The van der Waals surface area contributed by atoms with Crippen LogP contribution in [0, 0.1) is 0 Å². The first-order chi connectivity index (χ1) is 8.04. The van der Waals surface area contributed by atoms with Gasteiger partial charge in [-0.25, -0.2) is 13.1 Å². The maximum absolute atomic E-state index is 12.0. The number of nitrogens with one attached hydrogen (secondary N) is 3. The Balaban J connectivity index is 2.52. The van der Waals surface area contributed by atoms with E-state index < -0.39 is 21.1 Å². The molecule has 0 radical (unpaired) electrons. The van der Waals surface area contributed by atoms with Crippen molar-refractivity contribution in [1.82, 2.24) is 15.4 Å². The number of rotatable bonds is 5. The van der Waals surface area contributed by atoms with Gasteiger partial charge in [0.2, 0.25) is 15.9 Å². The van der Waals surface area contributed by atoms with Crippen LogP contribution in [-0.4, -0.2) is 44.7 Å². The van der Waals surface area contributed by atoms with Crippen molar-refractivity contribution >= 4 is 15.9 Å². The van der Waals surface area contributed by atoms with Crippen molar-refractivity contribution in [1.29, 1.82) is 0 Å². The SMILES string of the molecule is CC(C)(CNC(=O)C1(C)CCCN1)NS(C)(=O)=O. The molecule has 0 aromatic rings. The van der Waals surface area contributed by atoms with E-state index in [2.05, 4.69) is 15.4 Å². The lowest BCUT2D eigenvalue weighted by Crippen LogP contribution is -2.57. The molecule has 106 valence electrons. The van der Waals surface area contributed by atoms with Gasteiger partial charge in [0.15, 0.2) is 0 Å². The molecular weight excluding hydrogens is 254 g/mol. The lowest BCUT2D eigenvalue weighted by molar-refractivity contribution is -0.126. The maximum atomic E-state index is 12.0. The zero-order chi connectivity index (χ0) is 14.0. The van der Waals surface area contributed by atoms with Gasteiger partial charge in [-0.3, -0.25) is 4.79 Å². The van der Waals surface area contributed by atoms with Gasteiger partial charge in [0.05, 0.1) is 11.8 Å². The van der Waals surface area contributed by atoms with Gasteiger partial charge in [0, 0.05) is 12.1 Å². The highest BCUT2D eigenvalue weighted by molar-refractivity contribution is 7.88. The first-order valence-electron chi connectivity index (χ1n) is 6.06. The highest BCUT2D eigenvalue weighted by Crippen LogP contribution is 2.18. The van der Waals surface area contributed by atoms with Crippen LogP contribution < -0.4 is 15.4 Å². The topological polar surface area (TPSA) is 87.3 Å². The van der Waals surface area contributed by atoms with Crippen LogP contribution in [0.4, 0.5) is 0 Å². The molecule has 1 rings (SSSR count). The Morgan fingerprint density at radius 1 is 1.44 bits per heavy atom. The fourth-order valence-corrected chi connectivity index (χ4v) is 3.20. The van der Waals surface area contributed by atoms with Crippen molar-refractivity contribution in [3.8, 4) is 0 Å². The summed E-state index contributed by atoms with van der Waals surface area (Å²) < 4.78 is 24.8. The van der Waals surface area contributed by atoms with Crippen LogP contribution in [0.3, 0.4) is 0 Å². The van der Waals surface area contributed by atoms with E-state index in [1.807, 2.05) is 6.92 Å². The summed E-state index contributed by atoms with van der Waals surface area (Å²) in [7, 11) is -3.28. The third-order valence-electron chi connectivity index (χ3n) is 3.02. The molecule has 1 fully saturated rings. The monoisotopic (exact) mass is 277 g/mol. The molecule has 1 atom stereocenters. The predicted octanol–water partition coefficient (Wildman–Crippen LogP) is -0.427. The minimum absolute atomic E-state index is 0.0802. The second-order valence-electron chi connectivity index (χ2n) is 5.80. The number of hydrogen-bond donors (Lipinski definition) is 3. The fourth-order valence-electron chi connectivity index (χ4n) is 2.12. The summed E-state index contributed by atoms with van der Waals surface area (Å²) in [5, 5.41) is 5.97. The van der Waals surface area contributed by atoms with Crippen molar-refractivity contribution < 1.29 is 13.2 Å². The molecular formula is C11H23N3O3S. The van der Waals surface area contributed by atoms with Crippen LogP contribution in [0.25, 0.3) is 0 Å². The van der Waals surface area contributed by atoms with Gasteiger partial charge in [-0.2, -0.15) is 0 Å². The molecule has 7 heteroatoms. The molecule has 1 heterocycles. The van der Waals surface area contributed by atoms with Gasteiger partial charge in [0.25, 0.3) is 0 Å². The van der Waals surface area contributed by atoms with E-state index in [9.17, 15) is 13.2 Å². The second-order valence-corrected chi connectivity index (χ2v) is 7.55. The molecule has 1 unspecified atom stereocenters. The minimum atomic E-state index is -3.28. The van der Waals surface area contributed by atoms with Crippen molar-refractivity contribution in [3.05, 3.63) is 0 Å².